The van der Waals surface area contributed by atoms with Crippen molar-refractivity contribution in [1.82, 2.24) is 0 Å². The molecular weight excluding hydrogens is 307 g/mol. The summed E-state index contributed by atoms with van der Waals surface area (Å²) < 4.78 is 14.7. The zero-order chi connectivity index (χ0) is 16.2. The van der Waals surface area contributed by atoms with Crippen LogP contribution in [0.1, 0.15) is 88.2 Å². The molecular formula is C21H30ClF. The first-order valence-electron chi connectivity index (χ1n) is 9.62. The van der Waals surface area contributed by atoms with Crippen molar-refractivity contribution < 1.29 is 4.39 Å². The monoisotopic (exact) mass is 336 g/mol. The van der Waals surface area contributed by atoms with Gasteiger partial charge in [0, 0.05) is 0 Å². The fraction of sp³-hybridized carbons (Fsp3) is 0.714. The van der Waals surface area contributed by atoms with Gasteiger partial charge in [0.05, 0.1) is 5.02 Å². The first-order valence-corrected chi connectivity index (χ1v) is 9.99. The van der Waals surface area contributed by atoms with E-state index in [4.69, 9.17) is 11.6 Å². The van der Waals surface area contributed by atoms with Crippen LogP contribution in [0.5, 0.6) is 0 Å². The van der Waals surface area contributed by atoms with Crippen molar-refractivity contribution in [2.45, 2.75) is 83.5 Å². The molecule has 0 unspecified atom stereocenters. The summed E-state index contributed by atoms with van der Waals surface area (Å²) in [5.74, 6) is 1.95. The second kappa shape index (κ2) is 8.01. The van der Waals surface area contributed by atoms with Crippen LogP contribution in [-0.2, 0) is 6.42 Å². The molecule has 0 bridgehead atoms. The summed E-state index contributed by atoms with van der Waals surface area (Å²) in [6.07, 6.45) is 13.5. The highest BCUT2D eigenvalue weighted by Crippen LogP contribution is 2.38. The topological polar surface area (TPSA) is 0 Å². The molecule has 0 saturated heterocycles. The lowest BCUT2D eigenvalue weighted by atomic mass is 9.80. The fourth-order valence-corrected chi connectivity index (χ4v) is 4.77. The van der Waals surface area contributed by atoms with Crippen LogP contribution in [0.25, 0.3) is 0 Å². The summed E-state index contributed by atoms with van der Waals surface area (Å²) in [5.41, 5.74) is 1.88. The molecule has 2 aliphatic rings. The molecule has 2 saturated carbocycles. The molecule has 1 aromatic carbocycles. The molecule has 0 N–H and O–H groups in total. The Balaban J connectivity index is 1.63. The summed E-state index contributed by atoms with van der Waals surface area (Å²) in [7, 11) is 0. The van der Waals surface area contributed by atoms with Crippen LogP contribution in [0.2, 0.25) is 5.02 Å². The van der Waals surface area contributed by atoms with Gasteiger partial charge in [0.1, 0.15) is 5.82 Å². The lowest BCUT2D eigenvalue weighted by Crippen LogP contribution is -2.13. The van der Waals surface area contributed by atoms with E-state index in [9.17, 15) is 4.39 Å². The average molecular weight is 337 g/mol. The summed E-state index contributed by atoms with van der Waals surface area (Å²) in [6, 6.07) is 4.12. The second-order valence-electron chi connectivity index (χ2n) is 7.94. The van der Waals surface area contributed by atoms with E-state index in [1.807, 2.05) is 6.07 Å². The minimum absolute atomic E-state index is 0.131. The maximum absolute atomic E-state index is 14.7. The van der Waals surface area contributed by atoms with Crippen molar-refractivity contribution in [2.75, 3.05) is 0 Å². The van der Waals surface area contributed by atoms with Crippen LogP contribution in [0.3, 0.4) is 0 Å². The van der Waals surface area contributed by atoms with Crippen LogP contribution in [0.15, 0.2) is 12.1 Å². The van der Waals surface area contributed by atoms with Crippen LogP contribution in [0.4, 0.5) is 4.39 Å². The quantitative estimate of drug-likeness (QED) is 0.541. The summed E-state index contributed by atoms with van der Waals surface area (Å²) in [4.78, 5) is 0. The highest BCUT2D eigenvalue weighted by molar-refractivity contribution is 6.31. The standard InChI is InChI=1S/C21H30ClF/c1-15-7-9-16(10-8-15)11-12-18-13-14-19(21(23)20(18)22)17-5-3-2-4-6-17/h13-17H,2-12H2,1H3. The first-order chi connectivity index (χ1) is 11.1. The third-order valence-electron chi connectivity index (χ3n) is 6.19. The Hall–Kier alpha value is -0.560. The molecule has 0 amide bonds. The number of hydrogen-bond donors (Lipinski definition) is 0. The zero-order valence-electron chi connectivity index (χ0n) is 14.4. The van der Waals surface area contributed by atoms with Crippen LogP contribution in [-0.4, -0.2) is 0 Å². The van der Waals surface area contributed by atoms with Gasteiger partial charge in [-0.05, 0) is 54.6 Å². The predicted octanol–water partition coefficient (Wildman–Crippen LogP) is 7.29. The minimum Gasteiger partial charge on any atom is -0.205 e. The highest BCUT2D eigenvalue weighted by Gasteiger charge is 2.22. The molecule has 0 nitrogen and oxygen atoms in total. The van der Waals surface area contributed by atoms with Gasteiger partial charge >= 0.3 is 0 Å². The maximum atomic E-state index is 14.7. The van der Waals surface area contributed by atoms with Gasteiger partial charge in [0.15, 0.2) is 0 Å². The van der Waals surface area contributed by atoms with E-state index in [2.05, 4.69) is 13.0 Å². The SMILES string of the molecule is CC1CCC(CCc2ccc(C3CCCCC3)c(F)c2Cl)CC1. The van der Waals surface area contributed by atoms with Crippen molar-refractivity contribution in [3.63, 3.8) is 0 Å². The average Bonchev–Trinajstić information content (AvgIpc) is 2.58. The van der Waals surface area contributed by atoms with Gasteiger partial charge < -0.3 is 0 Å². The Kier molecular flexibility index (Phi) is 6.01. The summed E-state index contributed by atoms with van der Waals surface area (Å²) in [5, 5.41) is 0.400. The van der Waals surface area contributed by atoms with Gasteiger partial charge in [-0.25, -0.2) is 4.39 Å². The van der Waals surface area contributed by atoms with Crippen molar-refractivity contribution in [3.8, 4) is 0 Å². The Morgan fingerprint density at radius 1 is 1.00 bits per heavy atom. The minimum atomic E-state index is -0.131. The number of halogens is 2. The lowest BCUT2D eigenvalue weighted by Gasteiger charge is -2.26. The fourth-order valence-electron chi connectivity index (χ4n) is 4.50. The molecule has 3 rings (SSSR count). The smallest absolute Gasteiger partial charge is 0.145 e. The second-order valence-corrected chi connectivity index (χ2v) is 8.32. The molecule has 2 aliphatic carbocycles. The zero-order valence-corrected chi connectivity index (χ0v) is 15.2. The van der Waals surface area contributed by atoms with Gasteiger partial charge in [0.25, 0.3) is 0 Å². The van der Waals surface area contributed by atoms with Crippen molar-refractivity contribution in [1.29, 1.82) is 0 Å². The van der Waals surface area contributed by atoms with Crippen LogP contribution in [0, 0.1) is 17.7 Å². The molecule has 23 heavy (non-hydrogen) atoms. The third kappa shape index (κ3) is 4.29. The summed E-state index contributed by atoms with van der Waals surface area (Å²) >= 11 is 6.38. The van der Waals surface area contributed by atoms with Crippen molar-refractivity contribution in [3.05, 3.63) is 34.1 Å². The molecule has 0 aromatic heterocycles. The molecule has 0 radical (unpaired) electrons. The van der Waals surface area contributed by atoms with Crippen molar-refractivity contribution in [2.24, 2.45) is 11.8 Å². The number of benzene rings is 1. The molecule has 0 aliphatic heterocycles. The normalized spacial score (nSPS) is 26.4. The number of rotatable bonds is 4. The summed E-state index contributed by atoms with van der Waals surface area (Å²) in [6.45, 7) is 2.35. The van der Waals surface area contributed by atoms with Crippen molar-refractivity contribution >= 4 is 11.6 Å². The Morgan fingerprint density at radius 2 is 1.70 bits per heavy atom. The van der Waals surface area contributed by atoms with Gasteiger partial charge in [-0.15, -0.1) is 0 Å². The van der Waals surface area contributed by atoms with E-state index >= 15 is 0 Å². The number of aryl methyl sites for hydroxylation is 1. The highest BCUT2D eigenvalue weighted by atomic mass is 35.5. The number of hydrogen-bond acceptors (Lipinski definition) is 0. The molecule has 0 spiro atoms. The van der Waals surface area contributed by atoms with Gasteiger partial charge in [-0.1, -0.05) is 75.6 Å². The molecule has 0 atom stereocenters. The third-order valence-corrected chi connectivity index (χ3v) is 6.60. The Bertz CT molecular complexity index is 511. The van der Waals surface area contributed by atoms with E-state index in [0.717, 1.165) is 48.6 Å². The maximum Gasteiger partial charge on any atom is 0.145 e. The lowest BCUT2D eigenvalue weighted by molar-refractivity contribution is 0.277. The Morgan fingerprint density at radius 3 is 2.39 bits per heavy atom. The van der Waals surface area contributed by atoms with Crippen LogP contribution < -0.4 is 0 Å². The molecule has 128 valence electrons. The van der Waals surface area contributed by atoms with E-state index in [1.165, 1.54) is 44.9 Å². The van der Waals surface area contributed by atoms with E-state index in [1.54, 1.807) is 0 Å². The van der Waals surface area contributed by atoms with Crippen LogP contribution >= 0.6 is 11.6 Å². The largest absolute Gasteiger partial charge is 0.205 e. The van der Waals surface area contributed by atoms with Gasteiger partial charge in [-0.3, -0.25) is 0 Å². The van der Waals surface area contributed by atoms with Gasteiger partial charge in [-0.2, -0.15) is 0 Å². The van der Waals surface area contributed by atoms with E-state index < -0.39 is 0 Å². The molecule has 1 aromatic rings. The van der Waals surface area contributed by atoms with E-state index in [0.29, 0.717) is 10.9 Å². The molecule has 0 heterocycles. The molecule has 2 fully saturated rings. The predicted molar refractivity (Wildman–Crippen MR) is 96.7 cm³/mol. The first kappa shape index (κ1) is 17.3. The van der Waals surface area contributed by atoms with E-state index in [-0.39, 0.29) is 5.82 Å². The molecule has 2 heteroatoms. The van der Waals surface area contributed by atoms with Gasteiger partial charge in [0.2, 0.25) is 0 Å². The Labute approximate surface area is 145 Å².